The van der Waals surface area contributed by atoms with Crippen LogP contribution in [0.5, 0.6) is 5.75 Å². The molecule has 0 radical (unpaired) electrons. The predicted octanol–water partition coefficient (Wildman–Crippen LogP) is 4.65. The van der Waals surface area contributed by atoms with Gasteiger partial charge in [-0.1, -0.05) is 31.5 Å². The molecular formula is C17H19ClFNO. The molecule has 0 aliphatic heterocycles. The number of methoxy groups -OCH3 is 1. The van der Waals surface area contributed by atoms with E-state index >= 15 is 0 Å². The molecule has 0 unspecified atom stereocenters. The average Bonchev–Trinajstić information content (AvgIpc) is 2.45. The SMILES string of the molecule is COc1ccc(-c2ccc(Cl)cc2CNC(C)C)c(F)c1. The first-order valence-electron chi connectivity index (χ1n) is 6.87. The molecule has 2 nitrogen and oxygen atoms in total. The maximum absolute atomic E-state index is 14.3. The molecule has 0 bridgehead atoms. The van der Waals surface area contributed by atoms with Gasteiger partial charge in [0.2, 0.25) is 0 Å². The third kappa shape index (κ3) is 3.96. The highest BCUT2D eigenvalue weighted by Crippen LogP contribution is 2.30. The average molecular weight is 308 g/mol. The van der Waals surface area contributed by atoms with E-state index in [-0.39, 0.29) is 5.82 Å². The Morgan fingerprint density at radius 2 is 1.86 bits per heavy atom. The Bertz CT molecular complexity index is 628. The van der Waals surface area contributed by atoms with Gasteiger partial charge in [0.1, 0.15) is 11.6 Å². The lowest BCUT2D eigenvalue weighted by Crippen LogP contribution is -2.22. The van der Waals surface area contributed by atoms with Gasteiger partial charge in [-0.3, -0.25) is 0 Å². The Balaban J connectivity index is 2.42. The van der Waals surface area contributed by atoms with Crippen molar-refractivity contribution in [3.05, 3.63) is 52.8 Å². The second kappa shape index (κ2) is 6.92. The quantitative estimate of drug-likeness (QED) is 0.868. The van der Waals surface area contributed by atoms with Gasteiger partial charge in [-0.05, 0) is 35.4 Å². The minimum Gasteiger partial charge on any atom is -0.497 e. The van der Waals surface area contributed by atoms with Crippen molar-refractivity contribution in [1.82, 2.24) is 5.32 Å². The molecule has 1 N–H and O–H groups in total. The molecule has 0 atom stereocenters. The smallest absolute Gasteiger partial charge is 0.134 e. The molecule has 4 heteroatoms. The maximum atomic E-state index is 14.3. The fourth-order valence-electron chi connectivity index (χ4n) is 2.13. The molecule has 0 amide bonds. The van der Waals surface area contributed by atoms with Crippen LogP contribution < -0.4 is 10.1 Å². The summed E-state index contributed by atoms with van der Waals surface area (Å²) in [5.41, 5.74) is 2.36. The van der Waals surface area contributed by atoms with Crippen LogP contribution in [-0.4, -0.2) is 13.2 Å². The molecule has 0 saturated heterocycles. The minimum absolute atomic E-state index is 0.303. The highest BCUT2D eigenvalue weighted by molar-refractivity contribution is 6.30. The van der Waals surface area contributed by atoms with Crippen molar-refractivity contribution in [1.29, 1.82) is 0 Å². The Morgan fingerprint density at radius 1 is 1.14 bits per heavy atom. The number of hydrogen-bond donors (Lipinski definition) is 1. The van der Waals surface area contributed by atoms with Crippen molar-refractivity contribution in [3.8, 4) is 16.9 Å². The number of halogens is 2. The van der Waals surface area contributed by atoms with Crippen LogP contribution in [0.3, 0.4) is 0 Å². The summed E-state index contributed by atoms with van der Waals surface area (Å²) < 4.78 is 19.3. The first kappa shape index (κ1) is 15.8. The Morgan fingerprint density at radius 3 is 2.48 bits per heavy atom. The van der Waals surface area contributed by atoms with E-state index in [9.17, 15) is 4.39 Å². The van der Waals surface area contributed by atoms with Crippen LogP contribution in [0, 0.1) is 5.82 Å². The van der Waals surface area contributed by atoms with Gasteiger partial charge in [-0.15, -0.1) is 0 Å². The summed E-state index contributed by atoms with van der Waals surface area (Å²) in [7, 11) is 1.52. The van der Waals surface area contributed by atoms with Crippen LogP contribution in [0.1, 0.15) is 19.4 Å². The summed E-state index contributed by atoms with van der Waals surface area (Å²) in [6, 6.07) is 10.7. The van der Waals surface area contributed by atoms with Gasteiger partial charge in [0.15, 0.2) is 0 Å². The number of ether oxygens (including phenoxy) is 1. The molecule has 0 spiro atoms. The van der Waals surface area contributed by atoms with Crippen molar-refractivity contribution < 1.29 is 9.13 Å². The first-order valence-corrected chi connectivity index (χ1v) is 7.24. The van der Waals surface area contributed by atoms with Gasteiger partial charge in [0, 0.05) is 29.2 Å². The lowest BCUT2D eigenvalue weighted by Gasteiger charge is -2.14. The Hall–Kier alpha value is -1.58. The van der Waals surface area contributed by atoms with E-state index in [0.29, 0.717) is 28.9 Å². The molecule has 112 valence electrons. The number of benzene rings is 2. The molecule has 21 heavy (non-hydrogen) atoms. The lowest BCUT2D eigenvalue weighted by atomic mass is 9.98. The molecule has 0 fully saturated rings. The van der Waals surface area contributed by atoms with E-state index in [1.54, 1.807) is 18.2 Å². The summed E-state index contributed by atoms with van der Waals surface area (Å²) in [6.45, 7) is 4.77. The number of rotatable bonds is 5. The van der Waals surface area contributed by atoms with Gasteiger partial charge in [0.25, 0.3) is 0 Å². The highest BCUT2D eigenvalue weighted by atomic mass is 35.5. The summed E-state index contributed by atoms with van der Waals surface area (Å²) in [4.78, 5) is 0. The van der Waals surface area contributed by atoms with Crippen LogP contribution in [0.25, 0.3) is 11.1 Å². The van der Waals surface area contributed by atoms with Crippen molar-refractivity contribution in [2.24, 2.45) is 0 Å². The molecule has 0 aliphatic carbocycles. The van der Waals surface area contributed by atoms with Crippen LogP contribution in [0.15, 0.2) is 36.4 Å². The molecule has 2 aromatic carbocycles. The monoisotopic (exact) mass is 307 g/mol. The van der Waals surface area contributed by atoms with Crippen molar-refractivity contribution >= 4 is 11.6 Å². The zero-order chi connectivity index (χ0) is 15.4. The van der Waals surface area contributed by atoms with Crippen LogP contribution >= 0.6 is 11.6 Å². The molecular weight excluding hydrogens is 289 g/mol. The number of nitrogens with one attached hydrogen (secondary N) is 1. The normalized spacial score (nSPS) is 11.0. The van der Waals surface area contributed by atoms with Gasteiger partial charge < -0.3 is 10.1 Å². The van der Waals surface area contributed by atoms with E-state index in [2.05, 4.69) is 19.2 Å². The Labute approximate surface area is 129 Å². The molecule has 0 aliphatic rings. The minimum atomic E-state index is -0.303. The molecule has 0 aromatic heterocycles. The van der Waals surface area contributed by atoms with Crippen molar-refractivity contribution in [3.63, 3.8) is 0 Å². The summed E-state index contributed by atoms with van der Waals surface area (Å²) >= 11 is 6.07. The second-order valence-corrected chi connectivity index (χ2v) is 5.62. The fourth-order valence-corrected chi connectivity index (χ4v) is 2.32. The van der Waals surface area contributed by atoms with Crippen molar-refractivity contribution in [2.45, 2.75) is 26.4 Å². The van der Waals surface area contributed by atoms with E-state index in [0.717, 1.165) is 11.1 Å². The van der Waals surface area contributed by atoms with E-state index in [1.807, 2.05) is 12.1 Å². The van der Waals surface area contributed by atoms with Gasteiger partial charge in [-0.2, -0.15) is 0 Å². The highest BCUT2D eigenvalue weighted by Gasteiger charge is 2.12. The molecule has 0 heterocycles. The largest absolute Gasteiger partial charge is 0.497 e. The fraction of sp³-hybridized carbons (Fsp3) is 0.294. The maximum Gasteiger partial charge on any atom is 0.134 e. The first-order chi connectivity index (χ1) is 10.0. The van der Waals surface area contributed by atoms with Crippen molar-refractivity contribution in [2.75, 3.05) is 7.11 Å². The zero-order valence-corrected chi connectivity index (χ0v) is 13.2. The van der Waals surface area contributed by atoms with E-state index in [1.165, 1.54) is 13.2 Å². The topological polar surface area (TPSA) is 21.3 Å². The standard InChI is InChI=1S/C17H19ClFNO/c1-11(2)20-10-12-8-13(18)4-6-15(12)16-7-5-14(21-3)9-17(16)19/h4-9,11,20H,10H2,1-3H3. The summed E-state index contributed by atoms with van der Waals surface area (Å²) in [5.74, 6) is 0.203. The van der Waals surface area contributed by atoms with Crippen LogP contribution in [0.2, 0.25) is 5.02 Å². The summed E-state index contributed by atoms with van der Waals surface area (Å²) in [6.07, 6.45) is 0. The van der Waals surface area contributed by atoms with Gasteiger partial charge >= 0.3 is 0 Å². The third-order valence-electron chi connectivity index (χ3n) is 3.23. The molecule has 0 saturated carbocycles. The van der Waals surface area contributed by atoms with Gasteiger partial charge in [-0.25, -0.2) is 4.39 Å². The molecule has 2 aromatic rings. The van der Waals surface area contributed by atoms with E-state index in [4.69, 9.17) is 16.3 Å². The lowest BCUT2D eigenvalue weighted by molar-refractivity contribution is 0.411. The number of hydrogen-bond acceptors (Lipinski definition) is 2. The predicted molar refractivity (Wildman–Crippen MR) is 85.4 cm³/mol. The van der Waals surface area contributed by atoms with E-state index < -0.39 is 0 Å². The third-order valence-corrected chi connectivity index (χ3v) is 3.47. The second-order valence-electron chi connectivity index (χ2n) is 5.18. The zero-order valence-electron chi connectivity index (χ0n) is 12.4. The summed E-state index contributed by atoms with van der Waals surface area (Å²) in [5, 5.41) is 3.98. The Kier molecular flexibility index (Phi) is 5.21. The van der Waals surface area contributed by atoms with Gasteiger partial charge in [0.05, 0.1) is 7.11 Å². The molecule has 2 rings (SSSR count). The van der Waals surface area contributed by atoms with Crippen LogP contribution in [0.4, 0.5) is 4.39 Å². The van der Waals surface area contributed by atoms with Crippen LogP contribution in [-0.2, 0) is 6.54 Å².